The number of aliphatic carboxylic acids is 1. The lowest BCUT2D eigenvalue weighted by Crippen LogP contribution is -2.49. The van der Waals surface area contributed by atoms with Gasteiger partial charge in [0.2, 0.25) is 0 Å². The van der Waals surface area contributed by atoms with Gasteiger partial charge in [0.15, 0.2) is 0 Å². The number of halogens is 4. The van der Waals surface area contributed by atoms with E-state index in [9.17, 15) is 27.9 Å². The molecule has 1 amide bonds. The van der Waals surface area contributed by atoms with Crippen molar-refractivity contribution in [1.29, 1.82) is 0 Å². The zero-order valence-corrected chi connectivity index (χ0v) is 20.8. The third-order valence-electron chi connectivity index (χ3n) is 5.16. The number of rotatable bonds is 7. The molecule has 0 aliphatic carbocycles. The SMILES string of the molecule is Cc1c(Cl)sc2ccc(C(=O)NC(C(=O)O)C(C)(C)C)c(OCc3ccc(OC(F)(F)F)cc3)c12. The number of carboxylic acid groups (broad SMARTS) is 1. The van der Waals surface area contributed by atoms with Gasteiger partial charge in [-0.3, -0.25) is 4.79 Å². The molecule has 0 spiro atoms. The molecule has 0 saturated heterocycles. The van der Waals surface area contributed by atoms with E-state index in [0.717, 1.165) is 16.8 Å². The minimum absolute atomic E-state index is 0.0692. The number of aryl methyl sites for hydroxylation is 1. The molecule has 1 aromatic heterocycles. The highest BCUT2D eigenvalue weighted by Gasteiger charge is 2.34. The summed E-state index contributed by atoms with van der Waals surface area (Å²) >= 11 is 7.61. The fraction of sp³-hybridized carbons (Fsp3) is 0.333. The molecule has 1 unspecified atom stereocenters. The van der Waals surface area contributed by atoms with E-state index in [1.807, 2.05) is 0 Å². The highest BCUT2D eigenvalue weighted by atomic mass is 35.5. The van der Waals surface area contributed by atoms with E-state index >= 15 is 0 Å². The van der Waals surface area contributed by atoms with E-state index in [1.54, 1.807) is 33.8 Å². The quantitative estimate of drug-likeness (QED) is 0.361. The Morgan fingerprint density at radius 3 is 2.29 bits per heavy atom. The van der Waals surface area contributed by atoms with Crippen molar-refractivity contribution >= 4 is 44.9 Å². The molecule has 0 saturated carbocycles. The largest absolute Gasteiger partial charge is 0.573 e. The van der Waals surface area contributed by atoms with E-state index < -0.39 is 29.7 Å². The summed E-state index contributed by atoms with van der Waals surface area (Å²) in [5.74, 6) is -1.98. The van der Waals surface area contributed by atoms with E-state index in [1.165, 1.54) is 29.5 Å². The van der Waals surface area contributed by atoms with Gasteiger partial charge in [0.05, 0.1) is 9.90 Å². The molecule has 1 heterocycles. The van der Waals surface area contributed by atoms with Crippen LogP contribution in [0.15, 0.2) is 36.4 Å². The van der Waals surface area contributed by atoms with E-state index in [4.69, 9.17) is 16.3 Å². The summed E-state index contributed by atoms with van der Waals surface area (Å²) in [7, 11) is 0. The lowest BCUT2D eigenvalue weighted by Gasteiger charge is -2.28. The molecular formula is C24H23ClF3NO5S. The van der Waals surface area contributed by atoms with Crippen LogP contribution in [0.3, 0.4) is 0 Å². The van der Waals surface area contributed by atoms with Crippen molar-refractivity contribution in [2.45, 2.75) is 46.7 Å². The van der Waals surface area contributed by atoms with Crippen LogP contribution in [0.5, 0.6) is 11.5 Å². The fourth-order valence-electron chi connectivity index (χ4n) is 3.41. The highest BCUT2D eigenvalue weighted by molar-refractivity contribution is 7.23. The lowest BCUT2D eigenvalue weighted by atomic mass is 9.86. The van der Waals surface area contributed by atoms with Crippen molar-refractivity contribution in [2.75, 3.05) is 0 Å². The van der Waals surface area contributed by atoms with E-state index in [-0.39, 0.29) is 23.7 Å². The smallest absolute Gasteiger partial charge is 0.487 e. The summed E-state index contributed by atoms with van der Waals surface area (Å²) in [5.41, 5.74) is 0.576. The van der Waals surface area contributed by atoms with Gasteiger partial charge >= 0.3 is 12.3 Å². The van der Waals surface area contributed by atoms with Crippen LogP contribution < -0.4 is 14.8 Å². The monoisotopic (exact) mass is 529 g/mol. The first kappa shape index (κ1) is 26.6. The Labute approximate surface area is 208 Å². The summed E-state index contributed by atoms with van der Waals surface area (Å²) in [6.07, 6.45) is -4.80. The van der Waals surface area contributed by atoms with E-state index in [2.05, 4.69) is 10.1 Å². The average molecular weight is 530 g/mol. The molecule has 3 aromatic rings. The van der Waals surface area contributed by atoms with Crippen LogP contribution in [0.25, 0.3) is 10.1 Å². The molecule has 1 atom stereocenters. The van der Waals surface area contributed by atoms with Gasteiger partial charge in [-0.1, -0.05) is 44.5 Å². The molecular weight excluding hydrogens is 507 g/mol. The summed E-state index contributed by atoms with van der Waals surface area (Å²) < 4.78 is 48.3. The van der Waals surface area contributed by atoms with Gasteiger partial charge in [0.25, 0.3) is 5.91 Å². The summed E-state index contributed by atoms with van der Waals surface area (Å²) in [4.78, 5) is 24.9. The molecule has 0 aliphatic rings. The summed E-state index contributed by atoms with van der Waals surface area (Å²) in [6, 6.07) is 7.22. The number of thiophene rings is 1. The first-order valence-corrected chi connectivity index (χ1v) is 11.6. The lowest BCUT2D eigenvalue weighted by molar-refractivity contribution is -0.274. The van der Waals surface area contributed by atoms with Gasteiger partial charge in [0, 0.05) is 10.1 Å². The van der Waals surface area contributed by atoms with Crippen LogP contribution in [0.1, 0.15) is 42.3 Å². The molecule has 35 heavy (non-hydrogen) atoms. The molecule has 0 radical (unpaired) electrons. The molecule has 3 rings (SSSR count). The van der Waals surface area contributed by atoms with Gasteiger partial charge in [-0.25, -0.2) is 4.79 Å². The third kappa shape index (κ3) is 6.37. The predicted molar refractivity (Wildman–Crippen MR) is 127 cm³/mol. The second kappa shape index (κ2) is 9.94. The molecule has 2 aromatic carbocycles. The van der Waals surface area contributed by atoms with E-state index in [0.29, 0.717) is 20.8 Å². The Morgan fingerprint density at radius 2 is 1.74 bits per heavy atom. The molecule has 2 N–H and O–H groups in total. The number of carboxylic acids is 1. The van der Waals surface area contributed by atoms with Crippen molar-refractivity contribution in [2.24, 2.45) is 5.41 Å². The predicted octanol–water partition coefficient (Wildman–Crippen LogP) is 6.57. The number of carbonyl (C=O) groups excluding carboxylic acids is 1. The number of nitrogens with one attached hydrogen (secondary N) is 1. The number of hydrogen-bond acceptors (Lipinski definition) is 5. The molecule has 6 nitrogen and oxygen atoms in total. The number of carbonyl (C=O) groups is 2. The number of benzene rings is 2. The van der Waals surface area contributed by atoms with Crippen molar-refractivity contribution in [3.8, 4) is 11.5 Å². The van der Waals surface area contributed by atoms with Crippen LogP contribution in [-0.2, 0) is 11.4 Å². The Morgan fingerprint density at radius 1 is 1.11 bits per heavy atom. The zero-order valence-electron chi connectivity index (χ0n) is 19.2. The maximum Gasteiger partial charge on any atom is 0.573 e. The van der Waals surface area contributed by atoms with Crippen molar-refractivity contribution < 1.29 is 37.3 Å². The minimum atomic E-state index is -4.80. The van der Waals surface area contributed by atoms with Crippen molar-refractivity contribution in [3.05, 3.63) is 57.4 Å². The highest BCUT2D eigenvalue weighted by Crippen LogP contribution is 2.42. The molecule has 188 valence electrons. The Balaban J connectivity index is 1.95. The fourth-order valence-corrected chi connectivity index (χ4v) is 4.68. The third-order valence-corrected chi connectivity index (χ3v) is 6.72. The first-order valence-electron chi connectivity index (χ1n) is 10.4. The minimum Gasteiger partial charge on any atom is -0.487 e. The van der Waals surface area contributed by atoms with Crippen LogP contribution >= 0.6 is 22.9 Å². The zero-order chi connectivity index (χ0) is 26.1. The van der Waals surface area contributed by atoms with Gasteiger partial charge < -0.3 is 19.9 Å². The maximum atomic E-state index is 13.2. The Hall–Kier alpha value is -2.98. The number of amides is 1. The second-order valence-corrected chi connectivity index (χ2v) is 10.6. The van der Waals surface area contributed by atoms with Crippen LogP contribution in [0.4, 0.5) is 13.2 Å². The van der Waals surface area contributed by atoms with Gasteiger partial charge in [-0.05, 0) is 47.7 Å². The molecule has 0 fully saturated rings. The maximum absolute atomic E-state index is 13.2. The summed E-state index contributed by atoms with van der Waals surface area (Å²) in [5, 5.41) is 12.8. The summed E-state index contributed by atoms with van der Waals surface area (Å²) in [6.45, 7) is 6.79. The topological polar surface area (TPSA) is 84.9 Å². The van der Waals surface area contributed by atoms with Gasteiger partial charge in [-0.2, -0.15) is 0 Å². The van der Waals surface area contributed by atoms with Gasteiger partial charge in [-0.15, -0.1) is 24.5 Å². The second-order valence-electron chi connectivity index (χ2n) is 8.91. The van der Waals surface area contributed by atoms with Crippen LogP contribution in [-0.4, -0.2) is 29.4 Å². The van der Waals surface area contributed by atoms with Crippen LogP contribution in [0.2, 0.25) is 4.34 Å². The van der Waals surface area contributed by atoms with Crippen molar-refractivity contribution in [3.63, 3.8) is 0 Å². The normalized spacial score (nSPS) is 12.9. The van der Waals surface area contributed by atoms with Crippen molar-refractivity contribution in [1.82, 2.24) is 5.32 Å². The standard InChI is InChI=1S/C24H23ClF3NO5S/c1-12-17-16(35-20(12)25)10-9-15(21(30)29-19(22(31)32)23(2,3)4)18(17)33-11-13-5-7-14(8-6-13)34-24(26,27)28/h5-10,19H,11H2,1-4H3,(H,29,30)(H,31,32). The number of fused-ring (bicyclic) bond motifs is 1. The first-order chi connectivity index (χ1) is 16.2. The molecule has 11 heteroatoms. The Kier molecular flexibility index (Phi) is 7.56. The molecule has 0 bridgehead atoms. The number of hydrogen-bond donors (Lipinski definition) is 2. The number of ether oxygens (including phenoxy) is 2. The Bertz CT molecular complexity index is 1250. The average Bonchev–Trinajstić information content (AvgIpc) is 3.03. The van der Waals surface area contributed by atoms with Gasteiger partial charge in [0.1, 0.15) is 24.1 Å². The van der Waals surface area contributed by atoms with Crippen LogP contribution in [0, 0.1) is 12.3 Å². The number of alkyl halides is 3. The molecule has 0 aliphatic heterocycles.